The number of hydrogen-bond acceptors (Lipinski definition) is 1. The first-order valence-electron chi connectivity index (χ1n) is 5.22. The van der Waals surface area contributed by atoms with Gasteiger partial charge in [0.2, 0.25) is 0 Å². The fourth-order valence-corrected chi connectivity index (χ4v) is 1.75. The van der Waals surface area contributed by atoms with E-state index in [0.29, 0.717) is 0 Å². The van der Waals surface area contributed by atoms with Gasteiger partial charge in [0, 0.05) is 6.04 Å². The highest BCUT2D eigenvalue weighted by molar-refractivity contribution is 4.86. The Bertz CT molecular complexity index is 127. The third kappa shape index (κ3) is 3.40. The molecule has 1 N–H and O–H groups in total. The van der Waals surface area contributed by atoms with Crippen molar-refractivity contribution in [3.8, 4) is 0 Å². The van der Waals surface area contributed by atoms with E-state index in [1.165, 1.54) is 32.1 Å². The summed E-state index contributed by atoms with van der Waals surface area (Å²) in [7, 11) is 0. The van der Waals surface area contributed by atoms with E-state index in [4.69, 9.17) is 0 Å². The Morgan fingerprint density at radius 2 is 2.33 bits per heavy atom. The van der Waals surface area contributed by atoms with Crippen LogP contribution in [0.3, 0.4) is 0 Å². The highest BCUT2D eigenvalue weighted by Crippen LogP contribution is 2.34. The fourth-order valence-electron chi connectivity index (χ4n) is 1.75. The predicted octanol–water partition coefficient (Wildman–Crippen LogP) is 2.73. The maximum atomic E-state index is 3.74. The Kier molecular flexibility index (Phi) is 4.37. The Hall–Kier alpha value is -0.300. The Morgan fingerprint density at radius 3 is 2.83 bits per heavy atom. The molecular weight excluding hydrogens is 146 g/mol. The van der Waals surface area contributed by atoms with E-state index in [2.05, 4.69) is 18.8 Å². The van der Waals surface area contributed by atoms with Crippen molar-refractivity contribution in [2.24, 2.45) is 5.92 Å². The molecule has 0 heterocycles. The second-order valence-corrected chi connectivity index (χ2v) is 3.72. The molecule has 1 unspecified atom stereocenters. The predicted molar refractivity (Wildman–Crippen MR) is 54.2 cm³/mol. The second-order valence-electron chi connectivity index (χ2n) is 3.72. The number of allylic oxidation sites excluding steroid dienone is 1. The lowest BCUT2D eigenvalue weighted by atomic mass is 10.1. The Balaban J connectivity index is 2.09. The van der Waals surface area contributed by atoms with E-state index in [9.17, 15) is 0 Å². The summed E-state index contributed by atoms with van der Waals surface area (Å²) >= 11 is 0. The number of nitrogens with one attached hydrogen (secondary N) is 1. The first kappa shape index (κ1) is 9.79. The largest absolute Gasteiger partial charge is 0.314 e. The van der Waals surface area contributed by atoms with Crippen molar-refractivity contribution in [1.82, 2.24) is 5.32 Å². The van der Waals surface area contributed by atoms with Gasteiger partial charge in [0.1, 0.15) is 0 Å². The van der Waals surface area contributed by atoms with Crippen LogP contribution >= 0.6 is 0 Å². The number of unbranched alkanes of at least 4 members (excludes halogenated alkanes) is 1. The van der Waals surface area contributed by atoms with E-state index in [0.717, 1.165) is 18.5 Å². The summed E-state index contributed by atoms with van der Waals surface area (Å²) in [5, 5.41) is 3.57. The van der Waals surface area contributed by atoms with Crippen LogP contribution in [-0.4, -0.2) is 12.6 Å². The van der Waals surface area contributed by atoms with Crippen LogP contribution in [0.1, 0.15) is 39.0 Å². The van der Waals surface area contributed by atoms with Gasteiger partial charge in [-0.25, -0.2) is 0 Å². The number of rotatable bonds is 7. The van der Waals surface area contributed by atoms with Gasteiger partial charge in [-0.2, -0.15) is 0 Å². The van der Waals surface area contributed by atoms with Gasteiger partial charge in [0.15, 0.2) is 0 Å². The molecule has 0 saturated heterocycles. The normalized spacial score (nSPS) is 19.1. The highest BCUT2D eigenvalue weighted by atomic mass is 14.9. The molecule has 1 saturated carbocycles. The van der Waals surface area contributed by atoms with Crippen molar-refractivity contribution in [3.63, 3.8) is 0 Å². The molecule has 1 aliphatic rings. The first-order valence-corrected chi connectivity index (χ1v) is 5.22. The Labute approximate surface area is 76.2 Å². The summed E-state index contributed by atoms with van der Waals surface area (Å²) in [6, 6.07) is 0.801. The topological polar surface area (TPSA) is 12.0 Å². The highest BCUT2D eigenvalue weighted by Gasteiger charge is 2.29. The van der Waals surface area contributed by atoms with Crippen molar-refractivity contribution in [2.75, 3.05) is 6.54 Å². The SMILES string of the molecule is C=CCCCC(NCC)C1CC1. The molecule has 0 aromatic rings. The van der Waals surface area contributed by atoms with Gasteiger partial charge in [-0.05, 0) is 44.6 Å². The molecule has 0 spiro atoms. The summed E-state index contributed by atoms with van der Waals surface area (Å²) in [4.78, 5) is 0. The van der Waals surface area contributed by atoms with Gasteiger partial charge < -0.3 is 5.32 Å². The van der Waals surface area contributed by atoms with Crippen LogP contribution < -0.4 is 5.32 Å². The fraction of sp³-hybridized carbons (Fsp3) is 0.818. The third-order valence-corrected chi connectivity index (χ3v) is 2.58. The minimum atomic E-state index is 0.801. The number of hydrogen-bond donors (Lipinski definition) is 1. The van der Waals surface area contributed by atoms with E-state index in [-0.39, 0.29) is 0 Å². The van der Waals surface area contributed by atoms with Gasteiger partial charge in [0.25, 0.3) is 0 Å². The molecule has 0 aromatic carbocycles. The molecule has 0 aliphatic heterocycles. The van der Waals surface area contributed by atoms with Crippen molar-refractivity contribution < 1.29 is 0 Å². The maximum Gasteiger partial charge on any atom is 0.00953 e. The molecule has 0 radical (unpaired) electrons. The zero-order valence-corrected chi connectivity index (χ0v) is 8.18. The standard InChI is InChI=1S/C11H21N/c1-3-5-6-7-11(12-4-2)10-8-9-10/h3,10-12H,1,4-9H2,2H3. The van der Waals surface area contributed by atoms with Crippen molar-refractivity contribution in [3.05, 3.63) is 12.7 Å². The molecule has 1 nitrogen and oxygen atoms in total. The average Bonchev–Trinajstić information content (AvgIpc) is 2.86. The Morgan fingerprint density at radius 1 is 1.58 bits per heavy atom. The quantitative estimate of drug-likeness (QED) is 0.454. The molecular formula is C11H21N. The van der Waals surface area contributed by atoms with E-state index >= 15 is 0 Å². The van der Waals surface area contributed by atoms with Gasteiger partial charge in [-0.3, -0.25) is 0 Å². The van der Waals surface area contributed by atoms with Crippen LogP contribution in [0.15, 0.2) is 12.7 Å². The maximum absolute atomic E-state index is 3.74. The summed E-state index contributed by atoms with van der Waals surface area (Å²) in [5.74, 6) is 0.995. The smallest absolute Gasteiger partial charge is 0.00953 e. The van der Waals surface area contributed by atoms with Crippen LogP contribution in [0.25, 0.3) is 0 Å². The van der Waals surface area contributed by atoms with Crippen LogP contribution in [0.5, 0.6) is 0 Å². The van der Waals surface area contributed by atoms with Crippen LogP contribution in [0.4, 0.5) is 0 Å². The lowest BCUT2D eigenvalue weighted by molar-refractivity contribution is 0.436. The molecule has 1 aliphatic carbocycles. The van der Waals surface area contributed by atoms with E-state index in [1.54, 1.807) is 0 Å². The summed E-state index contributed by atoms with van der Waals surface area (Å²) in [6.45, 7) is 7.06. The molecule has 0 bridgehead atoms. The molecule has 1 fully saturated rings. The molecule has 1 rings (SSSR count). The van der Waals surface area contributed by atoms with Crippen molar-refractivity contribution in [2.45, 2.75) is 45.1 Å². The summed E-state index contributed by atoms with van der Waals surface area (Å²) < 4.78 is 0. The lowest BCUT2D eigenvalue weighted by Crippen LogP contribution is -2.30. The van der Waals surface area contributed by atoms with Crippen molar-refractivity contribution >= 4 is 0 Å². The molecule has 1 atom stereocenters. The van der Waals surface area contributed by atoms with Crippen molar-refractivity contribution in [1.29, 1.82) is 0 Å². The van der Waals surface area contributed by atoms with Gasteiger partial charge >= 0.3 is 0 Å². The zero-order chi connectivity index (χ0) is 8.81. The van der Waals surface area contributed by atoms with Gasteiger partial charge in [-0.15, -0.1) is 6.58 Å². The lowest BCUT2D eigenvalue weighted by Gasteiger charge is -2.16. The van der Waals surface area contributed by atoms with E-state index < -0.39 is 0 Å². The van der Waals surface area contributed by atoms with Gasteiger partial charge in [-0.1, -0.05) is 13.0 Å². The van der Waals surface area contributed by atoms with Crippen LogP contribution in [0.2, 0.25) is 0 Å². The van der Waals surface area contributed by atoms with Crippen LogP contribution in [0, 0.1) is 5.92 Å². The van der Waals surface area contributed by atoms with E-state index in [1.807, 2.05) is 6.08 Å². The van der Waals surface area contributed by atoms with Gasteiger partial charge in [0.05, 0.1) is 0 Å². The first-order chi connectivity index (χ1) is 5.88. The minimum Gasteiger partial charge on any atom is -0.314 e. The minimum absolute atomic E-state index is 0.801. The monoisotopic (exact) mass is 167 g/mol. The third-order valence-electron chi connectivity index (χ3n) is 2.58. The molecule has 12 heavy (non-hydrogen) atoms. The molecule has 0 amide bonds. The molecule has 1 heteroatoms. The summed E-state index contributed by atoms with van der Waals surface area (Å²) in [6.07, 6.45) is 8.74. The van der Waals surface area contributed by atoms with Crippen LogP contribution in [-0.2, 0) is 0 Å². The second kappa shape index (κ2) is 5.36. The average molecular weight is 167 g/mol. The molecule has 70 valence electrons. The summed E-state index contributed by atoms with van der Waals surface area (Å²) in [5.41, 5.74) is 0. The molecule has 0 aromatic heterocycles. The zero-order valence-electron chi connectivity index (χ0n) is 8.18.